The molecule has 0 heterocycles. The topological polar surface area (TPSA) is 74.7 Å². The molecule has 0 saturated heterocycles. The molecule has 0 aliphatic heterocycles. The van der Waals surface area contributed by atoms with Crippen molar-refractivity contribution in [3.05, 3.63) is 28.2 Å². The number of aliphatic carboxylic acids is 1. The van der Waals surface area contributed by atoms with E-state index in [-0.39, 0.29) is 23.9 Å². The Morgan fingerprint density at radius 3 is 2.48 bits per heavy atom. The predicted molar refractivity (Wildman–Crippen MR) is 84.8 cm³/mol. The van der Waals surface area contributed by atoms with Crippen LogP contribution in [0, 0.1) is 6.92 Å². The molecule has 1 rings (SSSR count). The lowest BCUT2D eigenvalue weighted by Gasteiger charge is -2.26. The summed E-state index contributed by atoms with van der Waals surface area (Å²) in [5, 5.41) is 8.68. The molecule has 0 aliphatic carbocycles. The van der Waals surface area contributed by atoms with Crippen LogP contribution in [0.15, 0.2) is 27.6 Å². The van der Waals surface area contributed by atoms with Crippen molar-refractivity contribution in [3.63, 3.8) is 0 Å². The first kappa shape index (κ1) is 18.1. The third-order valence-electron chi connectivity index (χ3n) is 3.08. The Bertz CT molecular complexity index is 613. The largest absolute Gasteiger partial charge is 0.481 e. The summed E-state index contributed by atoms with van der Waals surface area (Å²) in [6, 6.07) is 4.65. The second-order valence-electron chi connectivity index (χ2n) is 5.12. The first-order valence-electron chi connectivity index (χ1n) is 6.66. The summed E-state index contributed by atoms with van der Waals surface area (Å²) in [6.07, 6.45) is 0.250. The van der Waals surface area contributed by atoms with Gasteiger partial charge in [-0.25, -0.2) is 8.42 Å². The minimum Gasteiger partial charge on any atom is -0.481 e. The van der Waals surface area contributed by atoms with Gasteiger partial charge in [0.2, 0.25) is 10.0 Å². The summed E-state index contributed by atoms with van der Waals surface area (Å²) >= 11 is 3.35. The Balaban J connectivity index is 3.04. The summed E-state index contributed by atoms with van der Waals surface area (Å²) in [7, 11) is -3.62. The van der Waals surface area contributed by atoms with Gasteiger partial charge in [0.25, 0.3) is 0 Å². The van der Waals surface area contributed by atoms with E-state index in [1.807, 2.05) is 6.92 Å². The fourth-order valence-electron chi connectivity index (χ4n) is 1.96. The van der Waals surface area contributed by atoms with Crippen molar-refractivity contribution in [3.8, 4) is 0 Å². The van der Waals surface area contributed by atoms with Gasteiger partial charge in [0.15, 0.2) is 0 Å². The Morgan fingerprint density at radius 1 is 1.38 bits per heavy atom. The summed E-state index contributed by atoms with van der Waals surface area (Å²) < 4.78 is 27.5. The van der Waals surface area contributed by atoms with Gasteiger partial charge in [0.1, 0.15) is 0 Å². The molecule has 0 saturated carbocycles. The molecule has 0 spiro atoms. The minimum absolute atomic E-state index is 0.0435. The van der Waals surface area contributed by atoms with Gasteiger partial charge in [-0.2, -0.15) is 4.31 Å². The van der Waals surface area contributed by atoms with Crippen LogP contribution in [-0.2, 0) is 14.8 Å². The molecular weight excluding hydrogens is 358 g/mol. The van der Waals surface area contributed by atoms with E-state index in [0.717, 1.165) is 10.0 Å². The Hall–Kier alpha value is -0.920. The van der Waals surface area contributed by atoms with Crippen molar-refractivity contribution in [2.75, 3.05) is 6.54 Å². The zero-order valence-electron chi connectivity index (χ0n) is 12.3. The van der Waals surface area contributed by atoms with Crippen LogP contribution >= 0.6 is 15.9 Å². The third-order valence-corrected chi connectivity index (χ3v) is 6.04. The van der Waals surface area contributed by atoms with Gasteiger partial charge < -0.3 is 5.11 Å². The number of nitrogens with zero attached hydrogens (tertiary/aromatic N) is 1. The van der Waals surface area contributed by atoms with Crippen molar-refractivity contribution in [1.29, 1.82) is 0 Å². The number of sulfonamides is 1. The molecule has 0 unspecified atom stereocenters. The van der Waals surface area contributed by atoms with Crippen LogP contribution in [0.4, 0.5) is 0 Å². The Labute approximate surface area is 134 Å². The van der Waals surface area contributed by atoms with Crippen molar-refractivity contribution >= 4 is 31.9 Å². The molecule has 118 valence electrons. The van der Waals surface area contributed by atoms with Crippen molar-refractivity contribution in [2.24, 2.45) is 0 Å². The number of hydrogen-bond acceptors (Lipinski definition) is 3. The number of aryl methyl sites for hydroxylation is 1. The van der Waals surface area contributed by atoms with Crippen molar-refractivity contribution in [2.45, 2.75) is 44.6 Å². The average Bonchev–Trinajstić information content (AvgIpc) is 2.36. The molecule has 7 heteroatoms. The lowest BCUT2D eigenvalue weighted by atomic mass is 10.2. The number of carboxylic acid groups (broad SMARTS) is 1. The Kier molecular flexibility index (Phi) is 6.37. The van der Waals surface area contributed by atoms with Crippen molar-refractivity contribution in [1.82, 2.24) is 4.31 Å². The van der Waals surface area contributed by atoms with Gasteiger partial charge in [0.05, 0.1) is 4.90 Å². The lowest BCUT2D eigenvalue weighted by molar-refractivity contribution is -0.137. The highest BCUT2D eigenvalue weighted by Crippen LogP contribution is 2.24. The van der Waals surface area contributed by atoms with Gasteiger partial charge in [-0.1, -0.05) is 15.9 Å². The Morgan fingerprint density at radius 2 is 2.00 bits per heavy atom. The van der Waals surface area contributed by atoms with E-state index >= 15 is 0 Å². The normalized spacial score (nSPS) is 12.1. The maximum absolute atomic E-state index is 12.7. The van der Waals surface area contributed by atoms with E-state index in [0.29, 0.717) is 6.42 Å². The third kappa shape index (κ3) is 4.79. The molecule has 0 bridgehead atoms. The lowest BCUT2D eigenvalue weighted by Crippen LogP contribution is -2.37. The standard InChI is InChI=1S/C14H20BrNO4S/c1-10(2)16(8-4-5-14(17)18)21(19,20)12-6-7-13(15)11(3)9-12/h6-7,9-10H,4-5,8H2,1-3H3,(H,17,18). The van der Waals surface area contributed by atoms with E-state index in [4.69, 9.17) is 5.11 Å². The number of halogens is 1. The van der Waals surface area contributed by atoms with Crippen LogP contribution in [0.1, 0.15) is 32.3 Å². The molecule has 5 nitrogen and oxygen atoms in total. The minimum atomic E-state index is -3.62. The van der Waals surface area contributed by atoms with Crippen LogP contribution in [0.5, 0.6) is 0 Å². The molecule has 1 aromatic rings. The maximum atomic E-state index is 12.7. The first-order chi connectivity index (χ1) is 9.66. The fraction of sp³-hybridized carbons (Fsp3) is 0.500. The first-order valence-corrected chi connectivity index (χ1v) is 8.89. The SMILES string of the molecule is Cc1cc(S(=O)(=O)N(CCCC(=O)O)C(C)C)ccc1Br. The average molecular weight is 378 g/mol. The zero-order valence-corrected chi connectivity index (χ0v) is 14.7. The number of benzene rings is 1. The molecule has 21 heavy (non-hydrogen) atoms. The summed E-state index contributed by atoms with van der Waals surface area (Å²) in [6.45, 7) is 5.59. The molecule has 0 radical (unpaired) electrons. The van der Waals surface area contributed by atoms with Crippen LogP contribution in [0.3, 0.4) is 0 Å². The molecule has 1 N–H and O–H groups in total. The predicted octanol–water partition coefficient (Wildman–Crippen LogP) is 3.02. The van der Waals surface area contributed by atoms with Gasteiger partial charge in [-0.15, -0.1) is 0 Å². The zero-order chi connectivity index (χ0) is 16.2. The quantitative estimate of drug-likeness (QED) is 0.792. The molecule has 0 atom stereocenters. The molecule has 0 fully saturated rings. The van der Waals surface area contributed by atoms with Gasteiger partial charge in [0, 0.05) is 23.5 Å². The molecule has 0 amide bonds. The van der Waals surface area contributed by atoms with E-state index in [2.05, 4.69) is 15.9 Å². The number of carboxylic acids is 1. The van der Waals surface area contributed by atoms with Gasteiger partial charge in [-0.05, 0) is 51.0 Å². The van der Waals surface area contributed by atoms with E-state index in [1.165, 1.54) is 4.31 Å². The van der Waals surface area contributed by atoms with E-state index < -0.39 is 16.0 Å². The summed E-state index contributed by atoms with van der Waals surface area (Å²) in [5.41, 5.74) is 0.838. The highest BCUT2D eigenvalue weighted by Gasteiger charge is 2.27. The van der Waals surface area contributed by atoms with Crippen LogP contribution in [-0.4, -0.2) is 36.4 Å². The second-order valence-corrected chi connectivity index (χ2v) is 7.86. The number of rotatable bonds is 7. The smallest absolute Gasteiger partial charge is 0.303 e. The maximum Gasteiger partial charge on any atom is 0.303 e. The molecular formula is C14H20BrNO4S. The van der Waals surface area contributed by atoms with Crippen LogP contribution < -0.4 is 0 Å². The summed E-state index contributed by atoms with van der Waals surface area (Å²) in [5.74, 6) is -0.921. The van der Waals surface area contributed by atoms with Gasteiger partial charge >= 0.3 is 5.97 Å². The van der Waals surface area contributed by atoms with Crippen LogP contribution in [0.25, 0.3) is 0 Å². The fourth-order valence-corrected chi connectivity index (χ4v) is 3.96. The molecule has 0 aliphatic rings. The number of hydrogen-bond donors (Lipinski definition) is 1. The van der Waals surface area contributed by atoms with Crippen molar-refractivity contribution < 1.29 is 18.3 Å². The highest BCUT2D eigenvalue weighted by molar-refractivity contribution is 9.10. The van der Waals surface area contributed by atoms with E-state index in [9.17, 15) is 13.2 Å². The van der Waals surface area contributed by atoms with Gasteiger partial charge in [-0.3, -0.25) is 4.79 Å². The number of carbonyl (C=O) groups is 1. The molecule has 1 aromatic carbocycles. The van der Waals surface area contributed by atoms with E-state index in [1.54, 1.807) is 32.0 Å². The molecule has 0 aromatic heterocycles. The highest BCUT2D eigenvalue weighted by atomic mass is 79.9. The monoisotopic (exact) mass is 377 g/mol. The van der Waals surface area contributed by atoms with Crippen LogP contribution in [0.2, 0.25) is 0 Å². The second kappa shape index (κ2) is 7.38. The summed E-state index contributed by atoms with van der Waals surface area (Å²) in [4.78, 5) is 10.8.